The number of hydrogen-bond donors (Lipinski definition) is 1. The molecule has 4 aliphatic carbocycles. The van der Waals surface area contributed by atoms with Crippen LogP contribution in [0.2, 0.25) is 0 Å². The van der Waals surface area contributed by atoms with Crippen LogP contribution < -0.4 is 0 Å². The quantitative estimate of drug-likeness (QED) is 0.398. The normalized spacial score (nSPS) is 53.3. The average Bonchev–Trinajstić information content (AvgIpc) is 3.09. The predicted octanol–water partition coefficient (Wildman–Crippen LogP) is 6.70. The summed E-state index contributed by atoms with van der Waals surface area (Å²) >= 11 is 0. The van der Waals surface area contributed by atoms with Crippen molar-refractivity contribution in [2.45, 2.75) is 117 Å². The molecule has 6 aliphatic rings. The van der Waals surface area contributed by atoms with Crippen molar-refractivity contribution in [3.8, 4) is 0 Å². The van der Waals surface area contributed by atoms with Crippen molar-refractivity contribution < 1.29 is 14.9 Å². The first-order valence-corrected chi connectivity index (χ1v) is 13.3. The molecule has 0 aromatic carbocycles. The fourth-order valence-electron chi connectivity index (χ4n) is 9.32. The van der Waals surface area contributed by atoms with E-state index in [1.165, 1.54) is 25.7 Å². The minimum Gasteiger partial charge on any atom is -0.393 e. The summed E-state index contributed by atoms with van der Waals surface area (Å²) in [6.07, 6.45) is 14.9. The molecule has 6 fully saturated rings. The monoisotopic (exact) mass is 430 g/mol. The van der Waals surface area contributed by atoms with Gasteiger partial charge in [0, 0.05) is 11.8 Å². The van der Waals surface area contributed by atoms with Crippen molar-refractivity contribution in [1.82, 2.24) is 0 Å². The molecule has 6 rings (SSSR count). The van der Waals surface area contributed by atoms with Gasteiger partial charge >= 0.3 is 0 Å². The Morgan fingerprint density at radius 2 is 1.61 bits per heavy atom. The van der Waals surface area contributed by atoms with E-state index in [9.17, 15) is 5.11 Å². The zero-order chi connectivity index (χ0) is 22.2. The first-order valence-electron chi connectivity index (χ1n) is 13.3. The zero-order valence-corrected chi connectivity index (χ0v) is 20.8. The van der Waals surface area contributed by atoms with Gasteiger partial charge in [-0.1, -0.05) is 53.7 Å². The lowest BCUT2D eigenvalue weighted by Gasteiger charge is -2.72. The third-order valence-electron chi connectivity index (χ3n) is 11.6. The fraction of sp³-hybridized carbons (Fsp3) is 0.929. The Morgan fingerprint density at radius 1 is 0.839 bits per heavy atom. The van der Waals surface area contributed by atoms with E-state index in [0.29, 0.717) is 35.0 Å². The van der Waals surface area contributed by atoms with Crippen LogP contribution in [0.1, 0.15) is 99.3 Å². The van der Waals surface area contributed by atoms with Gasteiger partial charge in [-0.3, -0.25) is 0 Å². The maximum absolute atomic E-state index is 10.4. The maximum Gasteiger partial charge on any atom is 0.112 e. The molecule has 2 bridgehead atoms. The van der Waals surface area contributed by atoms with Crippen LogP contribution in [0.25, 0.3) is 0 Å². The van der Waals surface area contributed by atoms with Crippen molar-refractivity contribution in [2.24, 2.45) is 46.3 Å². The van der Waals surface area contributed by atoms with E-state index in [1.807, 2.05) is 0 Å². The molecular formula is C28H46O3. The topological polar surface area (TPSA) is 38.7 Å². The minimum absolute atomic E-state index is 0.102. The van der Waals surface area contributed by atoms with Gasteiger partial charge in [0.15, 0.2) is 0 Å². The molecule has 4 saturated carbocycles. The predicted molar refractivity (Wildman–Crippen MR) is 124 cm³/mol. The molecular weight excluding hydrogens is 384 g/mol. The van der Waals surface area contributed by atoms with Crippen LogP contribution in [-0.2, 0) is 9.78 Å². The Bertz CT molecular complexity index is 720. The van der Waals surface area contributed by atoms with Gasteiger partial charge in [-0.25, -0.2) is 9.78 Å². The van der Waals surface area contributed by atoms with Crippen molar-refractivity contribution in [2.75, 3.05) is 0 Å². The zero-order valence-electron chi connectivity index (χ0n) is 20.8. The van der Waals surface area contributed by atoms with E-state index >= 15 is 0 Å². The van der Waals surface area contributed by atoms with Gasteiger partial charge < -0.3 is 5.11 Å². The highest BCUT2D eigenvalue weighted by atomic mass is 17.2. The molecule has 2 aliphatic heterocycles. The second-order valence-electron chi connectivity index (χ2n) is 13.1. The van der Waals surface area contributed by atoms with E-state index in [1.54, 1.807) is 0 Å². The first kappa shape index (κ1) is 22.4. The highest BCUT2D eigenvalue weighted by Crippen LogP contribution is 2.74. The van der Waals surface area contributed by atoms with Crippen molar-refractivity contribution >= 4 is 0 Å². The summed E-state index contributed by atoms with van der Waals surface area (Å²) < 4.78 is 0. The summed E-state index contributed by atoms with van der Waals surface area (Å²) in [6, 6.07) is 0. The molecule has 10 atom stereocenters. The highest BCUT2D eigenvalue weighted by molar-refractivity contribution is 5.23. The minimum atomic E-state index is -0.258. The number of aliphatic hydroxyl groups is 1. The second-order valence-corrected chi connectivity index (χ2v) is 13.1. The van der Waals surface area contributed by atoms with E-state index in [4.69, 9.17) is 9.78 Å². The highest BCUT2D eigenvalue weighted by Gasteiger charge is 2.75. The molecule has 1 N–H and O–H groups in total. The Morgan fingerprint density at radius 3 is 2.29 bits per heavy atom. The van der Waals surface area contributed by atoms with Gasteiger partial charge in [-0.05, 0) is 92.3 Å². The molecule has 3 nitrogen and oxygen atoms in total. The number of allylic oxidation sites excluding steroid dienone is 2. The molecule has 2 heterocycles. The molecule has 0 unspecified atom stereocenters. The van der Waals surface area contributed by atoms with E-state index in [2.05, 4.69) is 53.7 Å². The van der Waals surface area contributed by atoms with Gasteiger partial charge in [0.25, 0.3) is 0 Å². The lowest BCUT2D eigenvalue weighted by molar-refractivity contribution is -0.536. The Balaban J connectivity index is 1.42. The van der Waals surface area contributed by atoms with E-state index in [-0.39, 0.29) is 22.7 Å². The van der Waals surface area contributed by atoms with Crippen LogP contribution in [0.15, 0.2) is 12.2 Å². The summed E-state index contributed by atoms with van der Waals surface area (Å²) in [5, 5.41) is 10.4. The molecule has 0 aromatic rings. The molecule has 2 saturated heterocycles. The smallest absolute Gasteiger partial charge is 0.112 e. The van der Waals surface area contributed by atoms with Crippen molar-refractivity contribution in [3.05, 3.63) is 12.2 Å². The molecule has 176 valence electrons. The summed E-state index contributed by atoms with van der Waals surface area (Å²) in [4.78, 5) is 12.9. The van der Waals surface area contributed by atoms with Gasteiger partial charge in [0.2, 0.25) is 0 Å². The molecule has 31 heavy (non-hydrogen) atoms. The molecule has 2 spiro atoms. The van der Waals surface area contributed by atoms with E-state index < -0.39 is 0 Å². The molecule has 3 heteroatoms. The standard InChI is InChI=1S/C28H46O3/c1-18(2)19(3)7-8-20(4)22-9-10-23-25(22,5)13-12-24-26(6)14-11-21(29)17-27(26)15-16-28(23,24)31-30-27/h7-8,18-24,29H,9-17H2,1-6H3/t19-,20+,21-,22+,23+,24+,25+,26+,27-,28+/m0/s1. The van der Waals surface area contributed by atoms with Gasteiger partial charge in [-0.2, -0.15) is 0 Å². The number of fused-ring (bicyclic) bond motifs is 3. The molecule has 0 amide bonds. The largest absolute Gasteiger partial charge is 0.393 e. The Labute approximate surface area is 190 Å². The van der Waals surface area contributed by atoms with E-state index in [0.717, 1.165) is 38.0 Å². The van der Waals surface area contributed by atoms with Crippen LogP contribution >= 0.6 is 0 Å². The average molecular weight is 431 g/mol. The SMILES string of the molecule is CC(C)[C@@H](C)C=C[C@@H](C)[C@H]1CC[C@@H]2[C@]1(C)CC[C@H]1[C@@]23CC[C@@]2(C[C@@H](O)CC[C@]12C)OO3. The second kappa shape index (κ2) is 7.31. The van der Waals surface area contributed by atoms with Crippen LogP contribution in [-0.4, -0.2) is 22.4 Å². The summed E-state index contributed by atoms with van der Waals surface area (Å²) in [5.74, 6) is 3.89. The summed E-state index contributed by atoms with van der Waals surface area (Å²) in [7, 11) is 0. The summed E-state index contributed by atoms with van der Waals surface area (Å²) in [6.45, 7) is 14.5. The van der Waals surface area contributed by atoms with Crippen LogP contribution in [0.4, 0.5) is 0 Å². The third kappa shape index (κ3) is 2.94. The Hall–Kier alpha value is -0.380. The molecule has 0 aromatic heterocycles. The van der Waals surface area contributed by atoms with Crippen molar-refractivity contribution in [1.29, 1.82) is 0 Å². The lowest BCUT2D eigenvalue weighted by Crippen LogP contribution is -2.75. The lowest BCUT2D eigenvalue weighted by atomic mass is 9.40. The van der Waals surface area contributed by atoms with Gasteiger partial charge in [0.05, 0.1) is 6.10 Å². The van der Waals surface area contributed by atoms with Crippen LogP contribution in [0.3, 0.4) is 0 Å². The molecule has 0 radical (unpaired) electrons. The number of rotatable bonds is 4. The number of aliphatic hydroxyl groups excluding tert-OH is 1. The Kier molecular flexibility index (Phi) is 5.28. The number of hydrogen-bond acceptors (Lipinski definition) is 3. The van der Waals surface area contributed by atoms with Crippen molar-refractivity contribution in [3.63, 3.8) is 0 Å². The van der Waals surface area contributed by atoms with Gasteiger partial charge in [-0.15, -0.1) is 0 Å². The first-order chi connectivity index (χ1) is 14.6. The maximum atomic E-state index is 10.4. The fourth-order valence-corrected chi connectivity index (χ4v) is 9.32. The summed E-state index contributed by atoms with van der Waals surface area (Å²) in [5.41, 5.74) is 0.133. The van der Waals surface area contributed by atoms with Crippen LogP contribution in [0, 0.1) is 46.3 Å². The third-order valence-corrected chi connectivity index (χ3v) is 11.6. The van der Waals surface area contributed by atoms with Gasteiger partial charge in [0.1, 0.15) is 11.2 Å². The van der Waals surface area contributed by atoms with Crippen LogP contribution in [0.5, 0.6) is 0 Å².